The molecule has 0 fully saturated rings. The van der Waals surface area contributed by atoms with E-state index in [0.717, 1.165) is 64.2 Å². The van der Waals surface area contributed by atoms with Crippen LogP contribution in [-0.2, 0) is 28.6 Å². The number of carbonyl (C=O) groups is 3. The monoisotopic (exact) mass is 987 g/mol. The summed E-state index contributed by atoms with van der Waals surface area (Å²) in [5, 5.41) is 0. The molecule has 6 nitrogen and oxygen atoms in total. The molecule has 1 atom stereocenters. The normalized spacial score (nSPS) is 12.0. The van der Waals surface area contributed by atoms with E-state index < -0.39 is 6.10 Å². The molecular formula is C64H122O6. The van der Waals surface area contributed by atoms with Crippen molar-refractivity contribution in [2.75, 3.05) is 13.2 Å². The predicted molar refractivity (Wildman–Crippen MR) is 303 cm³/mol. The Hall–Kier alpha value is -1.85. The van der Waals surface area contributed by atoms with E-state index in [2.05, 4.69) is 32.9 Å². The van der Waals surface area contributed by atoms with Gasteiger partial charge in [0.05, 0.1) is 0 Å². The molecule has 414 valence electrons. The second-order valence-electron chi connectivity index (χ2n) is 21.7. The molecule has 0 saturated heterocycles. The molecule has 0 heterocycles. The zero-order valence-corrected chi connectivity index (χ0v) is 47.6. The van der Waals surface area contributed by atoms with Crippen LogP contribution in [0.3, 0.4) is 0 Å². The Bertz CT molecular complexity index is 1090. The zero-order chi connectivity index (χ0) is 50.7. The van der Waals surface area contributed by atoms with E-state index in [4.69, 9.17) is 14.2 Å². The molecule has 0 N–H and O–H groups in total. The quantitative estimate of drug-likeness (QED) is 0.0261. The highest BCUT2D eigenvalue weighted by Crippen LogP contribution is 2.18. The summed E-state index contributed by atoms with van der Waals surface area (Å²) in [5.74, 6) is -0.845. The van der Waals surface area contributed by atoms with Crippen LogP contribution in [-0.4, -0.2) is 37.2 Å². The van der Waals surface area contributed by atoms with Crippen LogP contribution in [0.5, 0.6) is 0 Å². The minimum absolute atomic E-state index is 0.0660. The van der Waals surface area contributed by atoms with E-state index in [1.807, 2.05) is 0 Å². The molecule has 6 heteroatoms. The summed E-state index contributed by atoms with van der Waals surface area (Å²) in [6.07, 6.45) is 69.3. The predicted octanol–water partition coefficient (Wildman–Crippen LogP) is 21.3. The molecule has 0 saturated carbocycles. The fraction of sp³-hybridized carbons (Fsp3) is 0.922. The molecule has 0 radical (unpaired) electrons. The molecule has 0 aromatic heterocycles. The van der Waals surface area contributed by atoms with Gasteiger partial charge in [-0.05, 0) is 44.9 Å². The Morgan fingerprint density at radius 3 is 0.714 bits per heavy atom. The molecule has 70 heavy (non-hydrogen) atoms. The molecule has 0 spiro atoms. The van der Waals surface area contributed by atoms with Gasteiger partial charge in [-0.25, -0.2) is 0 Å². The van der Waals surface area contributed by atoms with Gasteiger partial charge in [0.1, 0.15) is 13.2 Å². The number of allylic oxidation sites excluding steroid dienone is 2. The van der Waals surface area contributed by atoms with E-state index in [-0.39, 0.29) is 31.1 Å². The van der Waals surface area contributed by atoms with Crippen molar-refractivity contribution < 1.29 is 28.6 Å². The van der Waals surface area contributed by atoms with Crippen LogP contribution in [0.15, 0.2) is 12.2 Å². The van der Waals surface area contributed by atoms with Crippen molar-refractivity contribution in [2.45, 2.75) is 367 Å². The Morgan fingerprint density at radius 1 is 0.271 bits per heavy atom. The Morgan fingerprint density at radius 2 is 0.471 bits per heavy atom. The van der Waals surface area contributed by atoms with Crippen molar-refractivity contribution >= 4 is 17.9 Å². The number of hydrogen-bond acceptors (Lipinski definition) is 6. The van der Waals surface area contributed by atoms with E-state index >= 15 is 0 Å². The van der Waals surface area contributed by atoms with Crippen molar-refractivity contribution in [1.29, 1.82) is 0 Å². The van der Waals surface area contributed by atoms with Crippen LogP contribution in [0.1, 0.15) is 361 Å². The number of ether oxygens (including phenoxy) is 3. The van der Waals surface area contributed by atoms with Crippen molar-refractivity contribution in [2.24, 2.45) is 0 Å². The Kier molecular flexibility index (Phi) is 58.1. The lowest BCUT2D eigenvalue weighted by molar-refractivity contribution is -0.167. The molecule has 0 aliphatic heterocycles. The third kappa shape index (κ3) is 57.1. The molecule has 0 rings (SSSR count). The minimum atomic E-state index is -0.768. The molecule has 0 aliphatic carbocycles. The summed E-state index contributed by atoms with van der Waals surface area (Å²) in [5.41, 5.74) is 0. The van der Waals surface area contributed by atoms with Gasteiger partial charge >= 0.3 is 17.9 Å². The Labute approximate surface area is 437 Å². The van der Waals surface area contributed by atoms with Crippen LogP contribution >= 0.6 is 0 Å². The molecule has 0 aromatic rings. The lowest BCUT2D eigenvalue weighted by Crippen LogP contribution is -2.30. The van der Waals surface area contributed by atoms with Crippen LogP contribution in [0.4, 0.5) is 0 Å². The van der Waals surface area contributed by atoms with Crippen molar-refractivity contribution in [3.05, 3.63) is 12.2 Å². The van der Waals surface area contributed by atoms with Crippen molar-refractivity contribution in [1.82, 2.24) is 0 Å². The maximum absolute atomic E-state index is 12.9. The first-order valence-electron chi connectivity index (χ1n) is 31.7. The van der Waals surface area contributed by atoms with Gasteiger partial charge < -0.3 is 14.2 Å². The molecule has 0 bridgehead atoms. The third-order valence-electron chi connectivity index (χ3n) is 14.5. The number of carbonyl (C=O) groups excluding carboxylic acids is 3. The van der Waals surface area contributed by atoms with Crippen LogP contribution in [0.2, 0.25) is 0 Å². The van der Waals surface area contributed by atoms with E-state index in [9.17, 15) is 14.4 Å². The van der Waals surface area contributed by atoms with Gasteiger partial charge in [0, 0.05) is 19.3 Å². The van der Waals surface area contributed by atoms with Crippen LogP contribution in [0, 0.1) is 0 Å². The standard InChI is InChI=1S/C64H122O6/c1-4-7-10-13-16-19-22-25-28-30-32-34-36-39-42-45-48-51-54-57-63(66)69-60-61(59-68-62(65)56-53-50-47-44-41-38-27-24-21-18-15-12-9-6-3)70-64(67)58-55-52-49-46-43-40-37-35-33-31-29-26-23-20-17-14-11-8-5-2/h24,27,61H,4-23,25-26,28-60H2,1-3H3/b27-24-/t61-/m1/s1. The van der Waals surface area contributed by atoms with E-state index in [0.29, 0.717) is 19.3 Å². The third-order valence-corrected chi connectivity index (χ3v) is 14.5. The largest absolute Gasteiger partial charge is 0.462 e. The van der Waals surface area contributed by atoms with Gasteiger partial charge in [-0.15, -0.1) is 0 Å². The average Bonchev–Trinajstić information content (AvgIpc) is 3.36. The summed E-state index contributed by atoms with van der Waals surface area (Å²) >= 11 is 0. The fourth-order valence-corrected chi connectivity index (χ4v) is 9.74. The maximum atomic E-state index is 12.9. The Balaban J connectivity index is 4.28. The highest BCUT2D eigenvalue weighted by molar-refractivity contribution is 5.71. The lowest BCUT2D eigenvalue weighted by Gasteiger charge is -2.18. The number of unbranched alkanes of at least 4 members (excludes halogenated alkanes) is 46. The topological polar surface area (TPSA) is 78.9 Å². The summed E-state index contributed by atoms with van der Waals surface area (Å²) in [6.45, 7) is 6.70. The SMILES string of the molecule is CCCCCCC/C=C\CCCCCCCC(=O)OC[C@H](COC(=O)CCCCCCCCCCCCCCCCCCCCC)OC(=O)CCCCCCCCCCCCCCCCCCCCC. The summed E-state index contributed by atoms with van der Waals surface area (Å²) in [4.78, 5) is 38.3. The van der Waals surface area contributed by atoms with E-state index in [1.54, 1.807) is 0 Å². The highest BCUT2D eigenvalue weighted by Gasteiger charge is 2.19. The maximum Gasteiger partial charge on any atom is 0.306 e. The van der Waals surface area contributed by atoms with Crippen LogP contribution in [0.25, 0.3) is 0 Å². The average molecular weight is 988 g/mol. The first kappa shape index (κ1) is 68.2. The summed E-state index contributed by atoms with van der Waals surface area (Å²) in [7, 11) is 0. The first-order valence-corrected chi connectivity index (χ1v) is 31.7. The molecule has 0 amide bonds. The van der Waals surface area contributed by atoms with Crippen molar-refractivity contribution in [3.8, 4) is 0 Å². The fourth-order valence-electron chi connectivity index (χ4n) is 9.74. The molecule has 0 unspecified atom stereocenters. The van der Waals surface area contributed by atoms with Gasteiger partial charge in [0.2, 0.25) is 0 Å². The highest BCUT2D eigenvalue weighted by atomic mass is 16.6. The minimum Gasteiger partial charge on any atom is -0.462 e. The first-order chi connectivity index (χ1) is 34.5. The summed E-state index contributed by atoms with van der Waals surface area (Å²) < 4.78 is 16.9. The molecule has 0 aromatic carbocycles. The number of hydrogen-bond donors (Lipinski definition) is 0. The van der Waals surface area contributed by atoms with Crippen molar-refractivity contribution in [3.63, 3.8) is 0 Å². The van der Waals surface area contributed by atoms with Gasteiger partial charge in [0.15, 0.2) is 6.10 Å². The number of rotatable bonds is 59. The smallest absolute Gasteiger partial charge is 0.306 e. The lowest BCUT2D eigenvalue weighted by atomic mass is 10.0. The van der Waals surface area contributed by atoms with Gasteiger partial charge in [0.25, 0.3) is 0 Å². The van der Waals surface area contributed by atoms with E-state index in [1.165, 1.54) is 257 Å². The summed E-state index contributed by atoms with van der Waals surface area (Å²) in [6, 6.07) is 0. The van der Waals surface area contributed by atoms with Crippen LogP contribution < -0.4 is 0 Å². The number of esters is 3. The van der Waals surface area contributed by atoms with Gasteiger partial charge in [-0.1, -0.05) is 309 Å². The van der Waals surface area contributed by atoms with Gasteiger partial charge in [-0.3, -0.25) is 14.4 Å². The van der Waals surface area contributed by atoms with Gasteiger partial charge in [-0.2, -0.15) is 0 Å². The molecular weight excluding hydrogens is 865 g/mol. The molecule has 0 aliphatic rings. The second-order valence-corrected chi connectivity index (χ2v) is 21.7. The zero-order valence-electron chi connectivity index (χ0n) is 47.6. The second kappa shape index (κ2) is 59.7.